The third-order valence-electron chi connectivity index (χ3n) is 3.78. The van der Waals surface area contributed by atoms with Crippen LogP contribution in [0.1, 0.15) is 11.1 Å². The smallest absolute Gasteiger partial charge is 0.0346 e. The van der Waals surface area contributed by atoms with Crippen molar-refractivity contribution in [1.82, 2.24) is 15.2 Å². The first-order valence-electron chi connectivity index (χ1n) is 7.25. The lowest BCUT2D eigenvalue weighted by molar-refractivity contribution is 0.233. The van der Waals surface area contributed by atoms with E-state index in [4.69, 9.17) is 0 Å². The maximum absolute atomic E-state index is 4.26. The van der Waals surface area contributed by atoms with Crippen LogP contribution in [0.25, 0.3) is 11.1 Å². The Morgan fingerprint density at radius 3 is 2.50 bits per heavy atom. The fourth-order valence-electron chi connectivity index (χ4n) is 2.64. The first kappa shape index (κ1) is 13.3. The van der Waals surface area contributed by atoms with Gasteiger partial charge in [0.05, 0.1) is 0 Å². The van der Waals surface area contributed by atoms with E-state index in [2.05, 4.69) is 52.5 Å². The number of benzene rings is 1. The molecule has 0 bridgehead atoms. The first-order valence-corrected chi connectivity index (χ1v) is 7.25. The third kappa shape index (κ3) is 3.24. The van der Waals surface area contributed by atoms with Crippen LogP contribution in [0.5, 0.6) is 0 Å². The fourth-order valence-corrected chi connectivity index (χ4v) is 2.64. The Bertz CT molecular complexity index is 557. The predicted molar refractivity (Wildman–Crippen MR) is 82.6 cm³/mol. The lowest BCUT2D eigenvalue weighted by atomic mass is 10.0. The van der Waals surface area contributed by atoms with Crippen molar-refractivity contribution in [1.29, 1.82) is 0 Å². The van der Waals surface area contributed by atoms with Crippen molar-refractivity contribution >= 4 is 0 Å². The summed E-state index contributed by atoms with van der Waals surface area (Å²) in [5, 5.41) is 3.39. The molecule has 1 aliphatic heterocycles. The molecule has 3 nitrogen and oxygen atoms in total. The Morgan fingerprint density at radius 1 is 1.05 bits per heavy atom. The van der Waals surface area contributed by atoms with E-state index in [-0.39, 0.29) is 0 Å². The highest BCUT2D eigenvalue weighted by Crippen LogP contribution is 2.20. The van der Waals surface area contributed by atoms with Gasteiger partial charge in [-0.1, -0.05) is 24.3 Å². The molecule has 1 N–H and O–H groups in total. The molecule has 2 heterocycles. The number of nitrogens with one attached hydrogen (secondary N) is 1. The normalized spacial score (nSPS) is 16.2. The van der Waals surface area contributed by atoms with Gasteiger partial charge < -0.3 is 5.32 Å². The van der Waals surface area contributed by atoms with Gasteiger partial charge in [-0.15, -0.1) is 0 Å². The van der Waals surface area contributed by atoms with Crippen LogP contribution in [0.15, 0.2) is 42.7 Å². The molecule has 1 saturated heterocycles. The van der Waals surface area contributed by atoms with Gasteiger partial charge >= 0.3 is 0 Å². The quantitative estimate of drug-likeness (QED) is 0.926. The standard InChI is InChI=1S/C17H21N3/c1-14-10-17(12-19-11-14)16-4-2-15(3-5-16)13-20-8-6-18-7-9-20/h2-5,10-12,18H,6-9,13H2,1H3. The van der Waals surface area contributed by atoms with E-state index in [0.29, 0.717) is 0 Å². The highest BCUT2D eigenvalue weighted by molar-refractivity contribution is 5.63. The van der Waals surface area contributed by atoms with E-state index >= 15 is 0 Å². The molecule has 1 fully saturated rings. The molecule has 1 aliphatic rings. The van der Waals surface area contributed by atoms with Gasteiger partial charge in [-0.25, -0.2) is 0 Å². The molecule has 20 heavy (non-hydrogen) atoms. The van der Waals surface area contributed by atoms with Gasteiger partial charge in [-0.05, 0) is 29.7 Å². The Balaban J connectivity index is 1.71. The second-order valence-corrected chi connectivity index (χ2v) is 5.47. The summed E-state index contributed by atoms with van der Waals surface area (Å²) in [5.74, 6) is 0. The van der Waals surface area contributed by atoms with Gasteiger partial charge in [-0.2, -0.15) is 0 Å². The van der Waals surface area contributed by atoms with Crippen LogP contribution in [-0.4, -0.2) is 36.1 Å². The van der Waals surface area contributed by atoms with Gasteiger partial charge in [-0.3, -0.25) is 9.88 Å². The summed E-state index contributed by atoms with van der Waals surface area (Å²) in [6, 6.07) is 11.1. The minimum atomic E-state index is 1.05. The molecule has 1 aromatic carbocycles. The average molecular weight is 267 g/mol. The summed E-state index contributed by atoms with van der Waals surface area (Å²) < 4.78 is 0. The van der Waals surface area contributed by atoms with Gasteiger partial charge in [0.25, 0.3) is 0 Å². The van der Waals surface area contributed by atoms with Crippen molar-refractivity contribution in [2.45, 2.75) is 13.5 Å². The van der Waals surface area contributed by atoms with Crippen LogP contribution in [0.4, 0.5) is 0 Å². The number of rotatable bonds is 3. The number of nitrogens with zero attached hydrogens (tertiary/aromatic N) is 2. The molecule has 0 aliphatic carbocycles. The molecule has 0 spiro atoms. The minimum Gasteiger partial charge on any atom is -0.314 e. The molecule has 0 amide bonds. The van der Waals surface area contributed by atoms with E-state index in [1.807, 2.05) is 12.4 Å². The van der Waals surface area contributed by atoms with Crippen LogP contribution >= 0.6 is 0 Å². The van der Waals surface area contributed by atoms with E-state index in [9.17, 15) is 0 Å². The zero-order valence-corrected chi connectivity index (χ0v) is 12.0. The van der Waals surface area contributed by atoms with Gasteiger partial charge in [0.2, 0.25) is 0 Å². The van der Waals surface area contributed by atoms with Crippen LogP contribution in [0.3, 0.4) is 0 Å². The highest BCUT2D eigenvalue weighted by atomic mass is 15.2. The number of hydrogen-bond donors (Lipinski definition) is 1. The van der Waals surface area contributed by atoms with E-state index in [1.54, 1.807) is 0 Å². The number of aryl methyl sites for hydroxylation is 1. The van der Waals surface area contributed by atoms with Crippen LogP contribution in [0, 0.1) is 6.92 Å². The second kappa shape index (κ2) is 6.16. The summed E-state index contributed by atoms with van der Waals surface area (Å²) in [6.45, 7) is 7.62. The summed E-state index contributed by atoms with van der Waals surface area (Å²) in [6.07, 6.45) is 3.82. The molecule has 2 aromatic rings. The van der Waals surface area contributed by atoms with Gasteiger partial charge in [0.15, 0.2) is 0 Å². The second-order valence-electron chi connectivity index (χ2n) is 5.47. The van der Waals surface area contributed by atoms with Crippen LogP contribution in [-0.2, 0) is 6.54 Å². The minimum absolute atomic E-state index is 1.05. The highest BCUT2D eigenvalue weighted by Gasteiger charge is 2.09. The van der Waals surface area contributed by atoms with Crippen LogP contribution < -0.4 is 5.32 Å². The first-order chi connectivity index (χ1) is 9.81. The van der Waals surface area contributed by atoms with E-state index in [0.717, 1.165) is 32.7 Å². The van der Waals surface area contributed by atoms with Crippen molar-refractivity contribution < 1.29 is 0 Å². The number of hydrogen-bond acceptors (Lipinski definition) is 3. The molecule has 3 heteroatoms. The number of pyridine rings is 1. The molecule has 0 atom stereocenters. The molecule has 104 valence electrons. The maximum Gasteiger partial charge on any atom is 0.0346 e. The molecule has 0 unspecified atom stereocenters. The molecule has 0 saturated carbocycles. The third-order valence-corrected chi connectivity index (χ3v) is 3.78. The molecular formula is C17H21N3. The zero-order valence-electron chi connectivity index (χ0n) is 12.0. The summed E-state index contributed by atoms with van der Waals surface area (Å²) in [7, 11) is 0. The Hall–Kier alpha value is -1.71. The Morgan fingerprint density at radius 2 is 1.80 bits per heavy atom. The van der Waals surface area contributed by atoms with Crippen molar-refractivity contribution in [3.8, 4) is 11.1 Å². The lowest BCUT2D eigenvalue weighted by Gasteiger charge is -2.27. The largest absolute Gasteiger partial charge is 0.314 e. The number of piperazine rings is 1. The maximum atomic E-state index is 4.26. The van der Waals surface area contributed by atoms with Crippen LogP contribution in [0.2, 0.25) is 0 Å². The Kier molecular flexibility index (Phi) is 4.09. The van der Waals surface area contributed by atoms with Crippen molar-refractivity contribution in [2.75, 3.05) is 26.2 Å². The van der Waals surface area contributed by atoms with Crippen molar-refractivity contribution in [2.24, 2.45) is 0 Å². The molecule has 3 rings (SSSR count). The van der Waals surface area contributed by atoms with E-state index in [1.165, 1.54) is 22.3 Å². The topological polar surface area (TPSA) is 28.2 Å². The van der Waals surface area contributed by atoms with Gasteiger partial charge in [0.1, 0.15) is 0 Å². The number of aromatic nitrogens is 1. The van der Waals surface area contributed by atoms with Crippen molar-refractivity contribution in [3.63, 3.8) is 0 Å². The molecule has 0 radical (unpaired) electrons. The monoisotopic (exact) mass is 267 g/mol. The van der Waals surface area contributed by atoms with Crippen molar-refractivity contribution in [3.05, 3.63) is 53.9 Å². The Labute approximate surface area is 120 Å². The fraction of sp³-hybridized carbons (Fsp3) is 0.353. The summed E-state index contributed by atoms with van der Waals surface area (Å²) in [4.78, 5) is 6.76. The molecular weight excluding hydrogens is 246 g/mol. The SMILES string of the molecule is Cc1cncc(-c2ccc(CN3CCNCC3)cc2)c1. The summed E-state index contributed by atoms with van der Waals surface area (Å²) in [5.41, 5.74) is 5.02. The molecule has 1 aromatic heterocycles. The zero-order chi connectivity index (χ0) is 13.8. The van der Waals surface area contributed by atoms with E-state index < -0.39 is 0 Å². The summed E-state index contributed by atoms with van der Waals surface area (Å²) >= 11 is 0. The lowest BCUT2D eigenvalue weighted by Crippen LogP contribution is -2.42. The predicted octanol–water partition coefficient (Wildman–Crippen LogP) is 2.46. The van der Waals surface area contributed by atoms with Gasteiger partial charge in [0, 0.05) is 50.7 Å². The average Bonchev–Trinajstić information content (AvgIpc) is 2.49.